The van der Waals surface area contributed by atoms with Crippen LogP contribution in [0.1, 0.15) is 31.1 Å². The number of carbonyl (C=O) groups is 3. The summed E-state index contributed by atoms with van der Waals surface area (Å²) in [5, 5.41) is 24.2. The van der Waals surface area contributed by atoms with Gasteiger partial charge in [-0.15, -0.1) is 0 Å². The maximum absolute atomic E-state index is 12.2. The Morgan fingerprint density at radius 3 is 2.41 bits per heavy atom. The highest BCUT2D eigenvalue weighted by atomic mass is 32.2. The highest BCUT2D eigenvalue weighted by Crippen LogP contribution is 2.41. The number of ketones is 1. The van der Waals surface area contributed by atoms with Gasteiger partial charge in [0.25, 0.3) is 0 Å². The molecule has 1 aromatic carbocycles. The van der Waals surface area contributed by atoms with Crippen molar-refractivity contribution in [1.82, 2.24) is 5.32 Å². The second-order valence-electron chi connectivity index (χ2n) is 6.56. The maximum Gasteiger partial charge on any atom is 0.243 e. The van der Waals surface area contributed by atoms with Gasteiger partial charge in [-0.1, -0.05) is 25.6 Å². The predicted molar refractivity (Wildman–Crippen MR) is 101 cm³/mol. The number of benzene rings is 1. The van der Waals surface area contributed by atoms with Crippen LogP contribution in [0.25, 0.3) is 0 Å². The van der Waals surface area contributed by atoms with Gasteiger partial charge in [-0.3, -0.25) is 14.4 Å². The maximum atomic E-state index is 12.2. The van der Waals surface area contributed by atoms with Crippen molar-refractivity contribution in [2.24, 2.45) is 11.3 Å². The molecule has 138 valence electrons. The first-order valence-corrected chi connectivity index (χ1v) is 9.08. The molecule has 0 unspecified atom stereocenters. The number of hydrogen-bond acceptors (Lipinski definition) is 6. The number of anilines is 1. The molecule has 0 radical (unpaired) electrons. The summed E-state index contributed by atoms with van der Waals surface area (Å²) in [7, 11) is 0. The molecule has 0 spiro atoms. The van der Waals surface area contributed by atoms with E-state index in [1.165, 1.54) is 6.92 Å². The van der Waals surface area contributed by atoms with Crippen LogP contribution in [-0.4, -0.2) is 23.4 Å². The van der Waals surface area contributed by atoms with Crippen molar-refractivity contribution in [3.63, 3.8) is 0 Å². The van der Waals surface area contributed by atoms with Gasteiger partial charge in [0.2, 0.25) is 11.8 Å². The number of nitriles is 2. The normalized spacial score (nSPS) is 18.1. The third-order valence-electron chi connectivity index (χ3n) is 4.26. The van der Waals surface area contributed by atoms with Gasteiger partial charge in [-0.2, -0.15) is 10.5 Å². The number of hydrogen-bond donors (Lipinski definition) is 2. The minimum atomic E-state index is -0.967. The number of Topliss-reactive ketones (excluding diaryl/α,β-unsaturated/α-hetero) is 1. The molecule has 0 saturated carbocycles. The zero-order valence-electron chi connectivity index (χ0n) is 15.1. The van der Waals surface area contributed by atoms with E-state index in [0.29, 0.717) is 16.3 Å². The molecule has 8 heteroatoms. The molecule has 2 rings (SSSR count). The van der Waals surface area contributed by atoms with Crippen LogP contribution in [0.4, 0.5) is 5.69 Å². The molecule has 1 atom stereocenters. The van der Waals surface area contributed by atoms with E-state index in [1.807, 2.05) is 12.1 Å². The van der Waals surface area contributed by atoms with E-state index >= 15 is 0 Å². The molecule has 1 heterocycles. The molecule has 0 bridgehead atoms. The monoisotopic (exact) mass is 382 g/mol. The van der Waals surface area contributed by atoms with Crippen LogP contribution in [-0.2, 0) is 9.59 Å². The second-order valence-corrected chi connectivity index (χ2v) is 7.54. The summed E-state index contributed by atoms with van der Waals surface area (Å²) in [6.45, 7) is 4.78. The molecule has 7 nitrogen and oxygen atoms in total. The zero-order valence-corrected chi connectivity index (χ0v) is 15.9. The van der Waals surface area contributed by atoms with Gasteiger partial charge >= 0.3 is 0 Å². The Balaban J connectivity index is 2.08. The van der Waals surface area contributed by atoms with Crippen molar-refractivity contribution < 1.29 is 14.4 Å². The predicted octanol–water partition coefficient (Wildman–Crippen LogP) is 2.59. The molecule has 0 aliphatic carbocycles. The fraction of sp³-hybridized carbons (Fsp3) is 0.316. The number of rotatable bonds is 5. The number of amides is 2. The van der Waals surface area contributed by atoms with Crippen LogP contribution in [0.3, 0.4) is 0 Å². The first-order chi connectivity index (χ1) is 12.7. The van der Waals surface area contributed by atoms with E-state index in [4.69, 9.17) is 0 Å². The van der Waals surface area contributed by atoms with Crippen molar-refractivity contribution in [2.75, 3.05) is 11.1 Å². The zero-order chi connectivity index (χ0) is 20.2. The first-order valence-electron chi connectivity index (χ1n) is 8.09. The van der Waals surface area contributed by atoms with E-state index in [2.05, 4.69) is 10.6 Å². The molecule has 0 saturated heterocycles. The average Bonchev–Trinajstić information content (AvgIpc) is 2.60. The lowest BCUT2D eigenvalue weighted by Crippen LogP contribution is -2.44. The Morgan fingerprint density at radius 1 is 1.26 bits per heavy atom. The third kappa shape index (κ3) is 4.36. The Hall–Kier alpha value is -3.10. The van der Waals surface area contributed by atoms with Gasteiger partial charge < -0.3 is 10.6 Å². The molecule has 0 aromatic heterocycles. The highest BCUT2D eigenvalue weighted by molar-refractivity contribution is 8.03. The van der Waals surface area contributed by atoms with E-state index in [0.717, 1.165) is 11.8 Å². The first kappa shape index (κ1) is 20.2. The summed E-state index contributed by atoms with van der Waals surface area (Å²) in [5.74, 6) is -1.86. The van der Waals surface area contributed by atoms with Crippen LogP contribution in [0.5, 0.6) is 0 Å². The molecule has 2 amide bonds. The number of allylic oxidation sites excluding steroid dienone is 1. The molecule has 27 heavy (non-hydrogen) atoms. The summed E-state index contributed by atoms with van der Waals surface area (Å²) in [6.07, 6.45) is 0. The quantitative estimate of drug-likeness (QED) is 0.755. The molecule has 2 N–H and O–H groups in total. The minimum absolute atomic E-state index is 0.0252. The van der Waals surface area contributed by atoms with E-state index in [1.54, 1.807) is 38.1 Å². The van der Waals surface area contributed by atoms with Gasteiger partial charge in [0.15, 0.2) is 5.78 Å². The molecule has 1 aliphatic heterocycles. The SMILES string of the molecule is CC(=O)c1ccc(NC(=O)CSC2=C(C#N)C(C)(C)[C@@H](C#N)C(=O)N2)cc1. The fourth-order valence-corrected chi connectivity index (χ4v) is 3.63. The Bertz CT molecular complexity index is 904. The molecule has 1 aromatic rings. The summed E-state index contributed by atoms with van der Waals surface area (Å²) < 4.78 is 0. The van der Waals surface area contributed by atoms with Gasteiger partial charge in [0, 0.05) is 16.7 Å². The van der Waals surface area contributed by atoms with E-state index < -0.39 is 17.2 Å². The van der Waals surface area contributed by atoms with E-state index in [-0.39, 0.29) is 23.0 Å². The number of carbonyl (C=O) groups excluding carboxylic acids is 3. The fourth-order valence-electron chi connectivity index (χ4n) is 2.66. The largest absolute Gasteiger partial charge is 0.325 e. The molecular weight excluding hydrogens is 364 g/mol. The average molecular weight is 382 g/mol. The second kappa shape index (κ2) is 8.07. The topological polar surface area (TPSA) is 123 Å². The van der Waals surface area contributed by atoms with Crippen molar-refractivity contribution in [1.29, 1.82) is 10.5 Å². The lowest BCUT2D eigenvalue weighted by atomic mass is 9.72. The van der Waals surface area contributed by atoms with Crippen molar-refractivity contribution in [3.8, 4) is 12.1 Å². The molecule has 1 aliphatic rings. The molecule has 0 fully saturated rings. The Labute approximate surface area is 161 Å². The van der Waals surface area contributed by atoms with Gasteiger partial charge in [0.1, 0.15) is 5.92 Å². The Morgan fingerprint density at radius 2 is 1.89 bits per heavy atom. The van der Waals surface area contributed by atoms with Crippen LogP contribution in [0.15, 0.2) is 34.9 Å². The lowest BCUT2D eigenvalue weighted by Gasteiger charge is -2.34. The Kier molecular flexibility index (Phi) is 6.04. The van der Waals surface area contributed by atoms with E-state index in [9.17, 15) is 24.9 Å². The summed E-state index contributed by atoms with van der Waals surface area (Å²) in [4.78, 5) is 35.5. The number of thioether (sulfide) groups is 1. The van der Waals surface area contributed by atoms with Gasteiger partial charge in [0.05, 0.1) is 28.5 Å². The minimum Gasteiger partial charge on any atom is -0.325 e. The summed E-state index contributed by atoms with van der Waals surface area (Å²) in [5.41, 5.74) is 0.424. The van der Waals surface area contributed by atoms with Crippen LogP contribution in [0.2, 0.25) is 0 Å². The highest BCUT2D eigenvalue weighted by Gasteiger charge is 2.44. The number of nitrogens with zero attached hydrogens (tertiary/aromatic N) is 2. The standard InChI is InChI=1S/C19H18N4O3S/c1-11(24)12-4-6-13(7-5-12)22-16(25)10-27-18-15(9-21)19(2,3)14(8-20)17(26)23-18/h4-7,14H,10H2,1-3H3,(H,22,25)(H,23,26)/t14-/m0/s1. The molecular formula is C19H18N4O3S. The smallest absolute Gasteiger partial charge is 0.243 e. The van der Waals surface area contributed by atoms with Crippen LogP contribution < -0.4 is 10.6 Å². The van der Waals surface area contributed by atoms with Crippen LogP contribution >= 0.6 is 11.8 Å². The lowest BCUT2D eigenvalue weighted by molar-refractivity contribution is -0.125. The van der Waals surface area contributed by atoms with Gasteiger partial charge in [-0.05, 0) is 31.2 Å². The van der Waals surface area contributed by atoms with Crippen LogP contribution in [0, 0.1) is 34.0 Å². The van der Waals surface area contributed by atoms with Crippen molar-refractivity contribution >= 4 is 35.0 Å². The third-order valence-corrected chi connectivity index (χ3v) is 5.26. The van der Waals surface area contributed by atoms with Gasteiger partial charge in [-0.25, -0.2) is 0 Å². The number of nitrogens with one attached hydrogen (secondary N) is 2. The summed E-state index contributed by atoms with van der Waals surface area (Å²) in [6, 6.07) is 10.5. The summed E-state index contributed by atoms with van der Waals surface area (Å²) >= 11 is 1.03. The van der Waals surface area contributed by atoms with Crippen molar-refractivity contribution in [2.45, 2.75) is 20.8 Å². The van der Waals surface area contributed by atoms with Crippen molar-refractivity contribution in [3.05, 3.63) is 40.4 Å².